The summed E-state index contributed by atoms with van der Waals surface area (Å²) in [6.45, 7) is 13.4. The monoisotopic (exact) mass is 580 g/mol. The molecular formula is C34H48N2O6. The summed E-state index contributed by atoms with van der Waals surface area (Å²) in [6, 6.07) is 7.18. The van der Waals surface area contributed by atoms with Crippen LogP contribution in [0.4, 0.5) is 0 Å². The summed E-state index contributed by atoms with van der Waals surface area (Å²) in [6.07, 6.45) is 5.84. The van der Waals surface area contributed by atoms with E-state index in [0.29, 0.717) is 25.1 Å². The first kappa shape index (κ1) is 30.7. The Morgan fingerprint density at radius 2 is 2.00 bits per heavy atom. The minimum Gasteiger partial charge on any atom is -0.482 e. The highest BCUT2D eigenvalue weighted by Gasteiger charge is 2.68. The van der Waals surface area contributed by atoms with Crippen molar-refractivity contribution in [1.29, 1.82) is 0 Å². The highest BCUT2D eigenvalue weighted by atomic mass is 16.6. The van der Waals surface area contributed by atoms with Crippen molar-refractivity contribution in [3.63, 3.8) is 0 Å². The number of rotatable bonds is 8. The molecule has 1 aromatic rings. The molecule has 1 aliphatic heterocycles. The van der Waals surface area contributed by atoms with Crippen LogP contribution in [0, 0.1) is 34.0 Å². The van der Waals surface area contributed by atoms with Crippen LogP contribution in [0.1, 0.15) is 78.2 Å². The number of nitrogens with one attached hydrogen (secondary N) is 2. The van der Waals surface area contributed by atoms with Gasteiger partial charge in [-0.3, -0.25) is 9.59 Å². The fourth-order valence-electron chi connectivity index (χ4n) is 8.80. The van der Waals surface area contributed by atoms with Crippen LogP contribution in [0.5, 0.6) is 5.75 Å². The van der Waals surface area contributed by atoms with E-state index in [1.807, 2.05) is 25.1 Å². The number of esters is 1. The average molecular weight is 581 g/mol. The van der Waals surface area contributed by atoms with Crippen molar-refractivity contribution in [3.8, 4) is 5.75 Å². The first-order valence-electron chi connectivity index (χ1n) is 15.7. The van der Waals surface area contributed by atoms with Crippen LogP contribution in [0.25, 0.3) is 0 Å². The number of aliphatic hydroxyl groups excluding tert-OH is 1. The van der Waals surface area contributed by atoms with Crippen LogP contribution >= 0.6 is 0 Å². The van der Waals surface area contributed by atoms with Gasteiger partial charge in [-0.15, -0.1) is 6.58 Å². The third kappa shape index (κ3) is 5.30. The number of hydrogen-bond acceptors (Lipinski definition) is 7. The number of ketones is 1. The lowest BCUT2D eigenvalue weighted by Gasteiger charge is -2.61. The molecule has 0 spiro atoms. The number of carbonyl (C=O) groups is 3. The highest BCUT2D eigenvalue weighted by molar-refractivity contribution is 5.86. The molecule has 0 radical (unpaired) electrons. The normalized spacial score (nSPS) is 39.5. The van der Waals surface area contributed by atoms with Crippen molar-refractivity contribution < 1.29 is 29.0 Å². The van der Waals surface area contributed by atoms with Gasteiger partial charge >= 0.3 is 5.97 Å². The predicted molar refractivity (Wildman–Crippen MR) is 159 cm³/mol. The summed E-state index contributed by atoms with van der Waals surface area (Å²) in [5.41, 5.74) is -0.684. The number of amides is 1. The Balaban J connectivity index is 1.31. The van der Waals surface area contributed by atoms with Gasteiger partial charge in [0.25, 0.3) is 0 Å². The molecule has 8 nitrogen and oxygen atoms in total. The predicted octanol–water partition coefficient (Wildman–Crippen LogP) is 4.34. The molecule has 8 heteroatoms. The van der Waals surface area contributed by atoms with Gasteiger partial charge in [0.2, 0.25) is 5.91 Å². The summed E-state index contributed by atoms with van der Waals surface area (Å²) in [4.78, 5) is 39.3. The van der Waals surface area contributed by atoms with E-state index in [1.54, 1.807) is 12.1 Å². The summed E-state index contributed by atoms with van der Waals surface area (Å²) >= 11 is 0. The lowest BCUT2D eigenvalue weighted by Crippen LogP contribution is -2.63. The molecular weight excluding hydrogens is 532 g/mol. The maximum absolute atomic E-state index is 13.6. The molecule has 1 saturated heterocycles. The van der Waals surface area contributed by atoms with Crippen molar-refractivity contribution in [2.75, 3.05) is 13.2 Å². The molecule has 3 N–H and O–H groups in total. The second kappa shape index (κ2) is 11.8. The van der Waals surface area contributed by atoms with Crippen molar-refractivity contribution in [1.82, 2.24) is 10.6 Å². The van der Waals surface area contributed by atoms with Gasteiger partial charge in [-0.1, -0.05) is 45.9 Å². The molecule has 1 amide bonds. The van der Waals surface area contributed by atoms with Gasteiger partial charge in [-0.25, -0.2) is 4.79 Å². The zero-order chi connectivity index (χ0) is 30.3. The molecule has 4 fully saturated rings. The van der Waals surface area contributed by atoms with E-state index in [0.717, 1.165) is 44.2 Å². The van der Waals surface area contributed by atoms with Crippen LogP contribution < -0.4 is 15.4 Å². The summed E-state index contributed by atoms with van der Waals surface area (Å²) in [7, 11) is 0. The number of Topliss-reactive ketones (excluding diaryl/α,β-unsaturated/α-hetero) is 1. The number of aliphatic hydroxyl groups is 1. The molecule has 3 aliphatic carbocycles. The number of hydrogen-bond donors (Lipinski definition) is 3. The third-order valence-electron chi connectivity index (χ3n) is 11.7. The maximum Gasteiger partial charge on any atom is 0.344 e. The minimum atomic E-state index is -0.702. The number of ether oxygens (including phenoxy) is 2. The molecule has 230 valence electrons. The van der Waals surface area contributed by atoms with Gasteiger partial charge in [0.15, 0.2) is 6.61 Å². The van der Waals surface area contributed by atoms with Gasteiger partial charge < -0.3 is 25.2 Å². The lowest BCUT2D eigenvalue weighted by atomic mass is 9.44. The van der Waals surface area contributed by atoms with E-state index in [1.165, 1.54) is 0 Å². The number of carbonyl (C=O) groups excluding carboxylic acids is 3. The van der Waals surface area contributed by atoms with Crippen molar-refractivity contribution >= 4 is 17.7 Å². The van der Waals surface area contributed by atoms with E-state index in [-0.39, 0.29) is 47.5 Å². The fraction of sp³-hybridized carbons (Fsp3) is 0.676. The Kier molecular flexibility index (Phi) is 8.61. The van der Waals surface area contributed by atoms with Crippen LogP contribution in [0.2, 0.25) is 0 Å². The SMILES string of the molecule is C=C[C@]1(C)C[C@@H](OC(=O)COc2cccc(CNC(=O)[C@H]3CCCN3)c2)[C@]2(C)C(C)CCC3(CCC(=O)C32)[C@@H](C)[C@@H]1O. The van der Waals surface area contributed by atoms with Gasteiger partial charge in [-0.05, 0) is 80.0 Å². The van der Waals surface area contributed by atoms with Gasteiger partial charge in [0.1, 0.15) is 17.6 Å². The van der Waals surface area contributed by atoms with Crippen LogP contribution in [0.3, 0.4) is 0 Å². The average Bonchev–Trinajstić information content (AvgIpc) is 3.65. The largest absolute Gasteiger partial charge is 0.482 e. The van der Waals surface area contributed by atoms with Crippen molar-refractivity contribution in [2.45, 2.75) is 97.4 Å². The van der Waals surface area contributed by atoms with E-state index < -0.39 is 29.0 Å². The molecule has 0 aromatic heterocycles. The summed E-state index contributed by atoms with van der Waals surface area (Å²) in [5, 5.41) is 17.8. The zero-order valence-corrected chi connectivity index (χ0v) is 25.6. The van der Waals surface area contributed by atoms with Crippen LogP contribution in [0.15, 0.2) is 36.9 Å². The third-order valence-corrected chi connectivity index (χ3v) is 11.7. The van der Waals surface area contributed by atoms with Gasteiger partial charge in [0.05, 0.1) is 12.1 Å². The van der Waals surface area contributed by atoms with E-state index in [4.69, 9.17) is 9.47 Å². The highest BCUT2D eigenvalue weighted by Crippen LogP contribution is 2.68. The van der Waals surface area contributed by atoms with Gasteiger partial charge in [-0.2, -0.15) is 0 Å². The Hall–Kier alpha value is -2.71. The first-order valence-corrected chi connectivity index (χ1v) is 15.7. The Morgan fingerprint density at radius 1 is 1.21 bits per heavy atom. The van der Waals surface area contributed by atoms with E-state index in [2.05, 4.69) is 38.0 Å². The molecule has 1 heterocycles. The fourth-order valence-corrected chi connectivity index (χ4v) is 8.80. The second-order valence-corrected chi connectivity index (χ2v) is 13.9. The summed E-state index contributed by atoms with van der Waals surface area (Å²) in [5.74, 6) is 0.0543. The molecule has 3 saturated carbocycles. The Labute approximate surface area is 250 Å². The molecule has 1 aromatic carbocycles. The molecule has 42 heavy (non-hydrogen) atoms. The lowest BCUT2D eigenvalue weighted by molar-refractivity contribution is -0.207. The first-order chi connectivity index (χ1) is 19.9. The second-order valence-electron chi connectivity index (χ2n) is 13.9. The molecule has 4 aliphatic rings. The Morgan fingerprint density at radius 3 is 2.71 bits per heavy atom. The van der Waals surface area contributed by atoms with Gasteiger partial charge in [0, 0.05) is 29.7 Å². The maximum atomic E-state index is 13.6. The van der Waals surface area contributed by atoms with Crippen molar-refractivity contribution in [2.24, 2.45) is 34.0 Å². The quantitative estimate of drug-likeness (QED) is 0.310. The topological polar surface area (TPSA) is 114 Å². The Bertz CT molecular complexity index is 1210. The standard InChI is InChI=1S/C34H48N2O6/c1-6-32(4)18-27(33(5)21(2)12-14-34(22(3)30(32)39)15-13-26(37)29(33)34)42-28(38)20-41-24-10-7-9-23(17-24)19-36-31(40)25-11-8-16-35-25/h6-7,9-10,17,21-22,25,27,29-30,35,39H,1,8,11-16,18-20H2,2-5H3,(H,36,40)/t21?,22-,25+,27+,29?,30-,32+,33-,34?/m0/s1. The zero-order valence-electron chi connectivity index (χ0n) is 25.6. The summed E-state index contributed by atoms with van der Waals surface area (Å²) < 4.78 is 12.1. The smallest absolute Gasteiger partial charge is 0.344 e. The minimum absolute atomic E-state index is 0.0113. The van der Waals surface area contributed by atoms with Crippen molar-refractivity contribution in [3.05, 3.63) is 42.5 Å². The molecule has 2 bridgehead atoms. The van der Waals surface area contributed by atoms with E-state index >= 15 is 0 Å². The van der Waals surface area contributed by atoms with Crippen LogP contribution in [-0.4, -0.2) is 54.2 Å². The van der Waals surface area contributed by atoms with E-state index in [9.17, 15) is 19.5 Å². The molecule has 5 rings (SSSR count). The number of benzene rings is 1. The van der Waals surface area contributed by atoms with Crippen LogP contribution in [-0.2, 0) is 25.7 Å². The molecule has 9 atom stereocenters. The molecule has 3 unspecified atom stereocenters.